The van der Waals surface area contributed by atoms with E-state index in [9.17, 15) is 4.79 Å². The number of amides is 1. The fourth-order valence-corrected chi connectivity index (χ4v) is 4.68. The molecule has 3 rings (SSSR count). The Morgan fingerprint density at radius 1 is 1.22 bits per heavy atom. The number of carbonyl (C=O) groups excluding carboxylic acids is 1. The molecule has 0 unspecified atom stereocenters. The molecule has 1 aliphatic heterocycles. The first-order valence-corrected chi connectivity index (χ1v) is 9.19. The molecular formula is C20H30N2O. The quantitative estimate of drug-likeness (QED) is 0.849. The van der Waals surface area contributed by atoms with Gasteiger partial charge in [0.15, 0.2) is 0 Å². The smallest absolute Gasteiger partial charge is 0.227 e. The van der Waals surface area contributed by atoms with E-state index in [1.165, 1.54) is 32.1 Å². The van der Waals surface area contributed by atoms with Gasteiger partial charge >= 0.3 is 0 Å². The molecule has 1 amide bonds. The average molecular weight is 314 g/mol. The molecule has 3 nitrogen and oxygen atoms in total. The molecule has 0 aromatic heterocycles. The molecule has 1 aliphatic carbocycles. The minimum absolute atomic E-state index is 0.282. The van der Waals surface area contributed by atoms with Crippen LogP contribution in [-0.4, -0.2) is 47.4 Å². The third-order valence-corrected chi connectivity index (χ3v) is 5.99. The van der Waals surface area contributed by atoms with E-state index in [2.05, 4.69) is 35.9 Å². The van der Waals surface area contributed by atoms with E-state index in [4.69, 9.17) is 0 Å². The van der Waals surface area contributed by atoms with Crippen molar-refractivity contribution >= 4 is 5.91 Å². The molecule has 1 atom stereocenters. The Hall–Kier alpha value is -1.35. The number of hydrogen-bond donors (Lipinski definition) is 0. The van der Waals surface area contributed by atoms with E-state index in [1.54, 1.807) is 0 Å². The maximum Gasteiger partial charge on any atom is 0.227 e. The van der Waals surface area contributed by atoms with Gasteiger partial charge in [0, 0.05) is 24.7 Å². The van der Waals surface area contributed by atoms with Crippen molar-refractivity contribution < 1.29 is 4.79 Å². The Balaban J connectivity index is 1.67. The largest absolute Gasteiger partial charge is 0.338 e. The summed E-state index contributed by atoms with van der Waals surface area (Å²) >= 11 is 0. The zero-order valence-corrected chi connectivity index (χ0v) is 14.6. The van der Waals surface area contributed by atoms with Crippen LogP contribution >= 0.6 is 0 Å². The van der Waals surface area contributed by atoms with Crippen LogP contribution in [-0.2, 0) is 11.2 Å². The van der Waals surface area contributed by atoms with Crippen LogP contribution in [0.2, 0.25) is 0 Å². The van der Waals surface area contributed by atoms with Crippen LogP contribution in [0.5, 0.6) is 0 Å². The summed E-state index contributed by atoms with van der Waals surface area (Å²) in [5.74, 6) is 0.282. The van der Waals surface area contributed by atoms with Gasteiger partial charge in [-0.3, -0.25) is 9.69 Å². The van der Waals surface area contributed by atoms with E-state index < -0.39 is 0 Å². The van der Waals surface area contributed by atoms with Crippen molar-refractivity contribution in [3.8, 4) is 0 Å². The van der Waals surface area contributed by atoms with E-state index in [0.717, 1.165) is 25.1 Å². The second kappa shape index (κ2) is 7.04. The Kier molecular flexibility index (Phi) is 5.05. The summed E-state index contributed by atoms with van der Waals surface area (Å²) in [6.07, 6.45) is 8.39. The molecule has 2 fully saturated rings. The monoisotopic (exact) mass is 314 g/mol. The first kappa shape index (κ1) is 16.5. The van der Waals surface area contributed by atoms with Crippen LogP contribution in [0.3, 0.4) is 0 Å². The number of likely N-dealkylation sites (N-methyl/N-ethyl adjacent to an activating group) is 2. The predicted octanol–water partition coefficient (Wildman–Crippen LogP) is 3.48. The number of rotatable bonds is 4. The highest BCUT2D eigenvalue weighted by atomic mass is 16.2. The molecule has 1 heterocycles. The second-order valence-electron chi connectivity index (χ2n) is 7.37. The third-order valence-electron chi connectivity index (χ3n) is 5.99. The third kappa shape index (κ3) is 3.45. The standard InChI is InChI=1S/C20H30N2O/c1-3-22(19(23)14-17-10-6-4-7-11-17)18-15-20(21(2)16-18)12-8-5-9-13-20/h4,6-7,10-11,18H,3,5,8-9,12-16H2,1-2H3/t18-/m0/s1. The fraction of sp³-hybridized carbons (Fsp3) is 0.650. The van der Waals surface area contributed by atoms with Crippen LogP contribution in [0.1, 0.15) is 51.0 Å². The molecule has 0 radical (unpaired) electrons. The lowest BCUT2D eigenvalue weighted by Crippen LogP contribution is -2.42. The highest BCUT2D eigenvalue weighted by molar-refractivity contribution is 5.79. The topological polar surface area (TPSA) is 23.6 Å². The summed E-state index contributed by atoms with van der Waals surface area (Å²) in [4.78, 5) is 17.5. The van der Waals surface area contributed by atoms with Gasteiger partial charge in [-0.1, -0.05) is 49.6 Å². The summed E-state index contributed by atoms with van der Waals surface area (Å²) in [6, 6.07) is 10.5. The summed E-state index contributed by atoms with van der Waals surface area (Å²) in [5.41, 5.74) is 1.48. The van der Waals surface area contributed by atoms with Crippen LogP contribution in [0.15, 0.2) is 30.3 Å². The lowest BCUT2D eigenvalue weighted by atomic mass is 9.79. The van der Waals surface area contributed by atoms with Gasteiger partial charge in [-0.25, -0.2) is 0 Å². The van der Waals surface area contributed by atoms with Crippen molar-refractivity contribution in [2.24, 2.45) is 0 Å². The average Bonchev–Trinajstić information content (AvgIpc) is 2.86. The van der Waals surface area contributed by atoms with E-state index in [0.29, 0.717) is 18.0 Å². The van der Waals surface area contributed by atoms with Crippen molar-refractivity contribution in [1.29, 1.82) is 0 Å². The van der Waals surface area contributed by atoms with E-state index >= 15 is 0 Å². The number of likely N-dealkylation sites (tertiary alicyclic amines) is 1. The minimum atomic E-state index is 0.282. The highest BCUT2D eigenvalue weighted by Gasteiger charge is 2.46. The SMILES string of the molecule is CCN(C(=O)Cc1ccccc1)[C@@H]1CN(C)C2(CCCCC2)C1. The van der Waals surface area contributed by atoms with Crippen molar-refractivity contribution in [2.45, 2.75) is 63.5 Å². The Morgan fingerprint density at radius 3 is 2.57 bits per heavy atom. The summed E-state index contributed by atoms with van der Waals surface area (Å²) in [6.45, 7) is 3.98. The molecule has 1 aromatic rings. The first-order chi connectivity index (χ1) is 11.1. The van der Waals surface area contributed by atoms with E-state index in [-0.39, 0.29) is 5.91 Å². The van der Waals surface area contributed by atoms with Crippen molar-refractivity contribution in [2.75, 3.05) is 20.1 Å². The summed E-state index contributed by atoms with van der Waals surface area (Å²) < 4.78 is 0. The fourth-order valence-electron chi connectivity index (χ4n) is 4.68. The summed E-state index contributed by atoms with van der Waals surface area (Å²) in [5, 5.41) is 0. The van der Waals surface area contributed by atoms with Gasteiger partial charge in [-0.05, 0) is 38.8 Å². The van der Waals surface area contributed by atoms with E-state index in [1.807, 2.05) is 18.2 Å². The molecule has 1 spiro atoms. The molecule has 0 N–H and O–H groups in total. The maximum absolute atomic E-state index is 12.8. The number of carbonyl (C=O) groups is 1. The van der Waals surface area contributed by atoms with Crippen LogP contribution in [0.25, 0.3) is 0 Å². The second-order valence-corrected chi connectivity index (χ2v) is 7.37. The predicted molar refractivity (Wildman–Crippen MR) is 94.4 cm³/mol. The molecule has 3 heteroatoms. The number of hydrogen-bond acceptors (Lipinski definition) is 2. The molecule has 1 aromatic carbocycles. The molecule has 0 bridgehead atoms. The molecule has 126 valence electrons. The maximum atomic E-state index is 12.8. The number of benzene rings is 1. The van der Waals surface area contributed by atoms with Gasteiger partial charge in [-0.15, -0.1) is 0 Å². The molecular weight excluding hydrogens is 284 g/mol. The minimum Gasteiger partial charge on any atom is -0.338 e. The number of nitrogens with zero attached hydrogens (tertiary/aromatic N) is 2. The summed E-state index contributed by atoms with van der Waals surface area (Å²) in [7, 11) is 2.26. The first-order valence-electron chi connectivity index (χ1n) is 9.19. The van der Waals surface area contributed by atoms with Crippen LogP contribution in [0, 0.1) is 0 Å². The molecule has 2 aliphatic rings. The molecule has 1 saturated carbocycles. The Labute approximate surface area is 140 Å². The van der Waals surface area contributed by atoms with Crippen molar-refractivity contribution in [1.82, 2.24) is 9.80 Å². The zero-order valence-electron chi connectivity index (χ0n) is 14.6. The van der Waals surface area contributed by atoms with Crippen molar-refractivity contribution in [3.63, 3.8) is 0 Å². The van der Waals surface area contributed by atoms with Gasteiger partial charge in [0.2, 0.25) is 5.91 Å². The molecule has 23 heavy (non-hydrogen) atoms. The van der Waals surface area contributed by atoms with Gasteiger partial charge in [0.25, 0.3) is 0 Å². The highest BCUT2D eigenvalue weighted by Crippen LogP contribution is 2.42. The van der Waals surface area contributed by atoms with Gasteiger partial charge in [0.05, 0.1) is 6.42 Å². The van der Waals surface area contributed by atoms with Gasteiger partial charge in [0.1, 0.15) is 0 Å². The van der Waals surface area contributed by atoms with Gasteiger partial charge < -0.3 is 4.90 Å². The normalized spacial score (nSPS) is 24.0. The van der Waals surface area contributed by atoms with Crippen molar-refractivity contribution in [3.05, 3.63) is 35.9 Å². The lowest BCUT2D eigenvalue weighted by molar-refractivity contribution is -0.132. The zero-order chi connectivity index (χ0) is 16.3. The Morgan fingerprint density at radius 2 is 1.91 bits per heavy atom. The molecule has 1 saturated heterocycles. The van der Waals surface area contributed by atoms with Crippen LogP contribution < -0.4 is 0 Å². The van der Waals surface area contributed by atoms with Gasteiger partial charge in [-0.2, -0.15) is 0 Å². The Bertz CT molecular complexity index is 522. The van der Waals surface area contributed by atoms with Crippen LogP contribution in [0.4, 0.5) is 0 Å². The lowest BCUT2D eigenvalue weighted by Gasteiger charge is -2.39.